The molecule has 0 saturated carbocycles. The molecule has 1 amide bonds. The summed E-state index contributed by atoms with van der Waals surface area (Å²) in [5.41, 5.74) is -2.41. The zero-order valence-corrected chi connectivity index (χ0v) is 16.5. The molecule has 5 nitrogen and oxygen atoms in total. The minimum atomic E-state index is -4.95. The van der Waals surface area contributed by atoms with E-state index < -0.39 is 42.1 Å². The molecule has 2 heterocycles. The summed E-state index contributed by atoms with van der Waals surface area (Å²) in [5, 5.41) is 11.8. The molecular formula is C20H21F5N4O. The third-order valence-electron chi connectivity index (χ3n) is 4.84. The van der Waals surface area contributed by atoms with Crippen LogP contribution in [-0.2, 0) is 6.18 Å². The van der Waals surface area contributed by atoms with E-state index in [1.807, 2.05) is 0 Å². The Balaban J connectivity index is 2.70. The molecule has 10 heteroatoms. The summed E-state index contributed by atoms with van der Waals surface area (Å²) in [6.45, 7) is 6.09. The molecule has 1 aromatic rings. The molecule has 1 N–H and O–H groups in total. The predicted molar refractivity (Wildman–Crippen MR) is 101 cm³/mol. The van der Waals surface area contributed by atoms with Gasteiger partial charge in [0.15, 0.2) is 5.69 Å². The normalized spacial score (nSPS) is 17.1. The van der Waals surface area contributed by atoms with Crippen molar-refractivity contribution in [1.82, 2.24) is 10.3 Å². The number of nitriles is 1. The Bertz CT molecular complexity index is 915. The van der Waals surface area contributed by atoms with Crippen LogP contribution in [0.3, 0.4) is 0 Å². The number of pyridine rings is 1. The molecule has 0 radical (unpaired) electrons. The summed E-state index contributed by atoms with van der Waals surface area (Å²) in [7, 11) is 0. The highest BCUT2D eigenvalue weighted by Crippen LogP contribution is 2.37. The number of anilines is 1. The van der Waals surface area contributed by atoms with Crippen molar-refractivity contribution in [2.75, 3.05) is 18.0 Å². The lowest BCUT2D eigenvalue weighted by atomic mass is 10.00. The number of carbonyl (C=O) groups excluding carboxylic acids is 1. The van der Waals surface area contributed by atoms with Crippen molar-refractivity contribution >= 4 is 11.7 Å². The first-order valence-electron chi connectivity index (χ1n) is 9.20. The van der Waals surface area contributed by atoms with Crippen LogP contribution in [-0.4, -0.2) is 29.9 Å². The minimum absolute atomic E-state index is 0.00341. The van der Waals surface area contributed by atoms with Crippen molar-refractivity contribution in [2.24, 2.45) is 0 Å². The SMILES string of the molecule is C=C/C(=C\C)NC(=O)c1c(N2CCCC(F)(F)CC2)nc(C(F)(F)F)c(C#N)c1C. The number of nitrogens with zero attached hydrogens (tertiary/aromatic N) is 3. The van der Waals surface area contributed by atoms with Gasteiger partial charge in [0, 0.05) is 31.6 Å². The fourth-order valence-electron chi connectivity index (χ4n) is 3.24. The van der Waals surface area contributed by atoms with Gasteiger partial charge < -0.3 is 10.2 Å². The molecule has 2 rings (SSSR count). The Hall–Kier alpha value is -2.96. The van der Waals surface area contributed by atoms with Crippen molar-refractivity contribution in [3.63, 3.8) is 0 Å². The van der Waals surface area contributed by atoms with Crippen LogP contribution in [0.15, 0.2) is 24.4 Å². The maximum Gasteiger partial charge on any atom is 0.434 e. The molecule has 0 aromatic carbocycles. The van der Waals surface area contributed by atoms with Crippen LogP contribution < -0.4 is 10.2 Å². The lowest BCUT2D eigenvalue weighted by Gasteiger charge is -2.27. The smallest absolute Gasteiger partial charge is 0.356 e. The van der Waals surface area contributed by atoms with Gasteiger partial charge in [-0.3, -0.25) is 4.79 Å². The molecule has 1 aliphatic rings. The number of alkyl halides is 5. The predicted octanol–water partition coefficient (Wildman–Crippen LogP) is 4.73. The molecule has 1 aromatic heterocycles. The van der Waals surface area contributed by atoms with Crippen LogP contribution in [0, 0.1) is 18.3 Å². The number of aromatic nitrogens is 1. The quantitative estimate of drug-likeness (QED) is 0.556. The number of halogens is 5. The van der Waals surface area contributed by atoms with Crippen LogP contribution in [0.4, 0.5) is 27.8 Å². The number of hydrogen-bond acceptors (Lipinski definition) is 4. The monoisotopic (exact) mass is 428 g/mol. The highest BCUT2D eigenvalue weighted by Gasteiger charge is 2.40. The van der Waals surface area contributed by atoms with E-state index in [1.54, 1.807) is 6.92 Å². The summed E-state index contributed by atoms with van der Waals surface area (Å²) >= 11 is 0. The number of allylic oxidation sites excluding steroid dienone is 2. The van der Waals surface area contributed by atoms with Crippen LogP contribution in [0.25, 0.3) is 0 Å². The number of rotatable bonds is 4. The highest BCUT2D eigenvalue weighted by atomic mass is 19.4. The largest absolute Gasteiger partial charge is 0.434 e. The zero-order chi connectivity index (χ0) is 22.7. The van der Waals surface area contributed by atoms with Crippen molar-refractivity contribution in [3.8, 4) is 6.07 Å². The second-order valence-electron chi connectivity index (χ2n) is 6.87. The van der Waals surface area contributed by atoms with Crippen molar-refractivity contribution in [2.45, 2.75) is 45.2 Å². The maximum atomic E-state index is 13.8. The topological polar surface area (TPSA) is 69.0 Å². The molecule has 0 aliphatic carbocycles. The summed E-state index contributed by atoms with van der Waals surface area (Å²) in [5.74, 6) is -4.12. The first-order chi connectivity index (χ1) is 13.9. The van der Waals surface area contributed by atoms with E-state index >= 15 is 0 Å². The van der Waals surface area contributed by atoms with Crippen molar-refractivity contribution in [3.05, 3.63) is 46.8 Å². The number of carbonyl (C=O) groups is 1. The Morgan fingerprint density at radius 2 is 2.00 bits per heavy atom. The van der Waals surface area contributed by atoms with Gasteiger partial charge in [-0.05, 0) is 31.9 Å². The Labute approximate surface area is 170 Å². The van der Waals surface area contributed by atoms with E-state index in [4.69, 9.17) is 0 Å². The second-order valence-corrected chi connectivity index (χ2v) is 6.87. The number of amides is 1. The van der Waals surface area contributed by atoms with Gasteiger partial charge in [-0.2, -0.15) is 18.4 Å². The summed E-state index contributed by atoms with van der Waals surface area (Å²) in [6.07, 6.45) is -3.07. The molecule has 0 spiro atoms. The molecule has 1 aliphatic heterocycles. The Kier molecular flexibility index (Phi) is 6.85. The third-order valence-corrected chi connectivity index (χ3v) is 4.84. The Morgan fingerprint density at radius 1 is 1.33 bits per heavy atom. The standard InChI is InChI=1S/C20H21F5N4O/c1-4-13(5-2)27-18(30)15-12(3)14(11-26)16(20(23,24)25)28-17(15)29-9-6-7-19(21,22)8-10-29/h4-5H,1,6-10H2,2-3H3,(H,27,30)/b13-5+. The zero-order valence-electron chi connectivity index (χ0n) is 16.5. The Morgan fingerprint density at radius 3 is 2.53 bits per heavy atom. The minimum Gasteiger partial charge on any atom is -0.356 e. The van der Waals surface area contributed by atoms with Gasteiger partial charge in [0.1, 0.15) is 11.9 Å². The van der Waals surface area contributed by atoms with Gasteiger partial charge in [-0.1, -0.05) is 12.7 Å². The molecule has 30 heavy (non-hydrogen) atoms. The molecule has 1 fully saturated rings. The summed E-state index contributed by atoms with van der Waals surface area (Å²) in [6, 6.07) is 1.47. The van der Waals surface area contributed by atoms with E-state index in [0.29, 0.717) is 5.70 Å². The molecular weight excluding hydrogens is 407 g/mol. The fraction of sp³-hybridized carbons (Fsp3) is 0.450. The summed E-state index contributed by atoms with van der Waals surface area (Å²) in [4.78, 5) is 17.7. The lowest BCUT2D eigenvalue weighted by Crippen LogP contribution is -2.33. The van der Waals surface area contributed by atoms with Gasteiger partial charge in [0.2, 0.25) is 5.92 Å². The van der Waals surface area contributed by atoms with Crippen LogP contribution in [0.2, 0.25) is 0 Å². The first-order valence-corrected chi connectivity index (χ1v) is 9.20. The average Bonchev–Trinajstić information content (AvgIpc) is 2.84. The summed E-state index contributed by atoms with van der Waals surface area (Å²) < 4.78 is 68.2. The van der Waals surface area contributed by atoms with Crippen molar-refractivity contribution in [1.29, 1.82) is 5.26 Å². The molecule has 0 bridgehead atoms. The van der Waals surface area contributed by atoms with Gasteiger partial charge in [0.05, 0.1) is 11.1 Å². The fourth-order valence-corrected chi connectivity index (χ4v) is 3.24. The number of hydrogen-bond donors (Lipinski definition) is 1. The van der Waals surface area contributed by atoms with E-state index in [0.717, 1.165) is 0 Å². The molecule has 0 unspecified atom stereocenters. The van der Waals surface area contributed by atoms with E-state index in [9.17, 15) is 32.0 Å². The van der Waals surface area contributed by atoms with Gasteiger partial charge in [-0.15, -0.1) is 0 Å². The van der Waals surface area contributed by atoms with E-state index in [-0.39, 0.29) is 36.5 Å². The van der Waals surface area contributed by atoms with Crippen LogP contribution in [0.5, 0.6) is 0 Å². The highest BCUT2D eigenvalue weighted by molar-refractivity contribution is 6.02. The molecule has 0 atom stereocenters. The van der Waals surface area contributed by atoms with E-state index in [2.05, 4.69) is 16.9 Å². The number of nitrogens with one attached hydrogen (secondary N) is 1. The van der Waals surface area contributed by atoms with Gasteiger partial charge >= 0.3 is 6.18 Å². The third kappa shape index (κ3) is 4.96. The maximum absolute atomic E-state index is 13.8. The molecule has 162 valence electrons. The first kappa shape index (κ1) is 23.3. The lowest BCUT2D eigenvalue weighted by molar-refractivity contribution is -0.141. The van der Waals surface area contributed by atoms with Crippen LogP contribution >= 0.6 is 0 Å². The van der Waals surface area contributed by atoms with Crippen molar-refractivity contribution < 1.29 is 26.7 Å². The average molecular weight is 428 g/mol. The van der Waals surface area contributed by atoms with E-state index in [1.165, 1.54) is 30.0 Å². The van der Waals surface area contributed by atoms with Gasteiger partial charge in [-0.25, -0.2) is 13.8 Å². The van der Waals surface area contributed by atoms with Crippen LogP contribution in [0.1, 0.15) is 53.4 Å². The molecule has 1 saturated heterocycles. The van der Waals surface area contributed by atoms with Gasteiger partial charge in [0.25, 0.3) is 5.91 Å². The second kappa shape index (κ2) is 8.81.